The van der Waals surface area contributed by atoms with Gasteiger partial charge in [0.2, 0.25) is 0 Å². The first-order valence-electron chi connectivity index (χ1n) is 10.5. The zero-order chi connectivity index (χ0) is 23.4. The Hall–Kier alpha value is -3.42. The van der Waals surface area contributed by atoms with Gasteiger partial charge in [0, 0.05) is 11.8 Å². The predicted molar refractivity (Wildman–Crippen MR) is 115 cm³/mol. The maximum Gasteiger partial charge on any atom is 0.310 e. The van der Waals surface area contributed by atoms with Crippen LogP contribution >= 0.6 is 0 Å². The van der Waals surface area contributed by atoms with Gasteiger partial charge in [0.15, 0.2) is 23.0 Å². The first-order chi connectivity index (χ1) is 15.4. The summed E-state index contributed by atoms with van der Waals surface area (Å²) in [5, 5.41) is 20.5. The van der Waals surface area contributed by atoms with Crippen LogP contribution in [-0.2, 0) is 19.1 Å². The fourth-order valence-corrected chi connectivity index (χ4v) is 4.42. The molecule has 0 aliphatic heterocycles. The van der Waals surface area contributed by atoms with Gasteiger partial charge in [-0.2, -0.15) is 0 Å². The van der Waals surface area contributed by atoms with Crippen LogP contribution in [0.4, 0.5) is 0 Å². The lowest BCUT2D eigenvalue weighted by Gasteiger charge is -2.24. The Morgan fingerprint density at radius 1 is 0.875 bits per heavy atom. The minimum Gasteiger partial charge on any atom is -0.504 e. The third-order valence-electron chi connectivity index (χ3n) is 5.73. The van der Waals surface area contributed by atoms with Crippen molar-refractivity contribution in [2.75, 3.05) is 27.4 Å². The topological polar surface area (TPSA) is 112 Å². The number of esters is 2. The highest BCUT2D eigenvalue weighted by Crippen LogP contribution is 2.54. The Morgan fingerprint density at radius 3 is 2.16 bits per heavy atom. The molecule has 2 aromatic rings. The molecule has 0 radical (unpaired) electrons. The Labute approximate surface area is 186 Å². The Kier molecular flexibility index (Phi) is 7.12. The molecule has 0 saturated carbocycles. The smallest absolute Gasteiger partial charge is 0.310 e. The van der Waals surface area contributed by atoms with Crippen molar-refractivity contribution >= 4 is 11.9 Å². The molecule has 32 heavy (non-hydrogen) atoms. The van der Waals surface area contributed by atoms with E-state index in [9.17, 15) is 19.8 Å². The zero-order valence-corrected chi connectivity index (χ0v) is 18.6. The normalized spacial score (nSPS) is 19.2. The van der Waals surface area contributed by atoms with Gasteiger partial charge in [-0.05, 0) is 54.8 Å². The van der Waals surface area contributed by atoms with E-state index in [0.717, 1.165) is 0 Å². The van der Waals surface area contributed by atoms with Crippen LogP contribution in [0.1, 0.15) is 48.8 Å². The average Bonchev–Trinajstić information content (AvgIpc) is 3.06. The van der Waals surface area contributed by atoms with Crippen molar-refractivity contribution < 1.29 is 38.7 Å². The number of methoxy groups -OCH3 is 2. The molecule has 2 N–H and O–H groups in total. The quantitative estimate of drug-likeness (QED) is 0.596. The molecule has 0 aromatic heterocycles. The molecule has 8 nitrogen and oxygen atoms in total. The van der Waals surface area contributed by atoms with Crippen molar-refractivity contribution in [2.24, 2.45) is 5.92 Å². The Morgan fingerprint density at radius 2 is 1.53 bits per heavy atom. The van der Waals surface area contributed by atoms with Crippen molar-refractivity contribution in [2.45, 2.75) is 32.1 Å². The highest BCUT2D eigenvalue weighted by molar-refractivity contribution is 5.81. The molecule has 0 spiro atoms. The maximum atomic E-state index is 13.2. The van der Waals surface area contributed by atoms with Crippen molar-refractivity contribution in [3.05, 3.63) is 47.0 Å². The van der Waals surface area contributed by atoms with Crippen molar-refractivity contribution in [1.82, 2.24) is 0 Å². The zero-order valence-electron chi connectivity index (χ0n) is 18.6. The largest absolute Gasteiger partial charge is 0.504 e. The highest BCUT2D eigenvalue weighted by Gasteiger charge is 2.48. The van der Waals surface area contributed by atoms with E-state index in [1.807, 2.05) is 0 Å². The van der Waals surface area contributed by atoms with Crippen LogP contribution in [0.25, 0.3) is 0 Å². The first-order valence-corrected chi connectivity index (χ1v) is 10.5. The average molecular weight is 444 g/mol. The lowest BCUT2D eigenvalue weighted by Crippen LogP contribution is -2.27. The van der Waals surface area contributed by atoms with Crippen LogP contribution in [-0.4, -0.2) is 49.6 Å². The molecule has 0 fully saturated rings. The molecule has 0 saturated heterocycles. The molecule has 3 rings (SSSR count). The summed E-state index contributed by atoms with van der Waals surface area (Å²) in [4.78, 5) is 25.6. The van der Waals surface area contributed by atoms with Crippen LogP contribution < -0.4 is 9.47 Å². The van der Waals surface area contributed by atoms with E-state index in [1.54, 1.807) is 38.1 Å². The monoisotopic (exact) mass is 444 g/mol. The second-order valence-electron chi connectivity index (χ2n) is 7.46. The third kappa shape index (κ3) is 4.30. The second-order valence-corrected chi connectivity index (χ2v) is 7.46. The van der Waals surface area contributed by atoms with Gasteiger partial charge in [-0.3, -0.25) is 9.59 Å². The molecule has 0 bridgehead atoms. The van der Waals surface area contributed by atoms with E-state index in [-0.39, 0.29) is 42.6 Å². The molecular weight excluding hydrogens is 416 g/mol. The van der Waals surface area contributed by atoms with Gasteiger partial charge in [0.05, 0.1) is 39.8 Å². The van der Waals surface area contributed by atoms with Crippen LogP contribution in [0.2, 0.25) is 0 Å². The number of hydrogen-bond acceptors (Lipinski definition) is 8. The number of phenols is 2. The van der Waals surface area contributed by atoms with Gasteiger partial charge < -0.3 is 29.2 Å². The van der Waals surface area contributed by atoms with Gasteiger partial charge >= 0.3 is 11.9 Å². The number of fused-ring (bicyclic) bond motifs is 1. The number of hydrogen-bond donors (Lipinski definition) is 2. The van der Waals surface area contributed by atoms with Crippen LogP contribution in [0.3, 0.4) is 0 Å². The van der Waals surface area contributed by atoms with E-state index in [1.165, 1.54) is 20.3 Å². The molecule has 3 atom stereocenters. The van der Waals surface area contributed by atoms with Gasteiger partial charge in [0.1, 0.15) is 0 Å². The molecule has 0 amide bonds. The number of rotatable bonds is 8. The van der Waals surface area contributed by atoms with E-state index in [4.69, 9.17) is 18.9 Å². The van der Waals surface area contributed by atoms with Gasteiger partial charge in [-0.1, -0.05) is 6.07 Å². The molecule has 172 valence electrons. The minimum atomic E-state index is -0.755. The van der Waals surface area contributed by atoms with Gasteiger partial charge in [-0.15, -0.1) is 0 Å². The summed E-state index contributed by atoms with van der Waals surface area (Å²) in [6.45, 7) is 3.83. The molecule has 8 heteroatoms. The summed E-state index contributed by atoms with van der Waals surface area (Å²) in [7, 11) is 2.87. The highest BCUT2D eigenvalue weighted by atomic mass is 16.5. The lowest BCUT2D eigenvalue weighted by molar-refractivity contribution is -0.150. The van der Waals surface area contributed by atoms with Gasteiger partial charge in [-0.25, -0.2) is 0 Å². The van der Waals surface area contributed by atoms with Crippen LogP contribution in [0.5, 0.6) is 23.0 Å². The first kappa shape index (κ1) is 23.2. The molecule has 2 aromatic carbocycles. The molecule has 1 aliphatic rings. The summed E-state index contributed by atoms with van der Waals surface area (Å²) in [6.07, 6.45) is -0.0377. The number of carbonyl (C=O) groups excluding carboxylic acids is 2. The van der Waals surface area contributed by atoms with Gasteiger partial charge in [0.25, 0.3) is 0 Å². The second kappa shape index (κ2) is 9.80. The van der Waals surface area contributed by atoms with Crippen molar-refractivity contribution in [3.8, 4) is 23.0 Å². The van der Waals surface area contributed by atoms with E-state index >= 15 is 0 Å². The molecular formula is C24H28O8. The fourth-order valence-electron chi connectivity index (χ4n) is 4.42. The Bertz CT molecular complexity index is 1000. The fraction of sp³-hybridized carbons (Fsp3) is 0.417. The number of benzene rings is 2. The van der Waals surface area contributed by atoms with E-state index < -0.39 is 29.7 Å². The maximum absolute atomic E-state index is 13.2. The standard InChI is InChI=1S/C24H28O8/c1-5-31-21(27)12-16-14-11-20(30-4)18(26)10-15(14)22(23(16)24(28)32-6-2)13-7-8-17(25)19(9-13)29-3/h7-11,16,22-23,25-26H,5-6,12H2,1-4H3/t16-,22-,23-/m0/s1. The summed E-state index contributed by atoms with van der Waals surface area (Å²) in [5.41, 5.74) is 2.04. The third-order valence-corrected chi connectivity index (χ3v) is 5.73. The summed E-state index contributed by atoms with van der Waals surface area (Å²) in [5.74, 6) is -2.39. The SMILES string of the molecule is CCOC(=O)C[C@H]1c2cc(OC)c(O)cc2[C@H](c2ccc(O)c(OC)c2)[C@H]1C(=O)OCC. The number of ether oxygens (including phenoxy) is 4. The number of phenolic OH excluding ortho intramolecular Hbond substituents is 2. The molecule has 1 aliphatic carbocycles. The van der Waals surface area contributed by atoms with E-state index in [2.05, 4.69) is 0 Å². The Balaban J connectivity index is 2.22. The number of carbonyl (C=O) groups is 2. The number of aromatic hydroxyl groups is 2. The summed E-state index contributed by atoms with van der Waals surface area (Å²) >= 11 is 0. The predicted octanol–water partition coefficient (Wildman–Crippen LogP) is 3.48. The molecule has 0 heterocycles. The van der Waals surface area contributed by atoms with Crippen LogP contribution in [0.15, 0.2) is 30.3 Å². The van der Waals surface area contributed by atoms with Crippen molar-refractivity contribution in [3.63, 3.8) is 0 Å². The van der Waals surface area contributed by atoms with E-state index in [0.29, 0.717) is 16.7 Å². The minimum absolute atomic E-state index is 0.0377. The molecule has 0 unspecified atom stereocenters. The summed E-state index contributed by atoms with van der Waals surface area (Å²) < 4.78 is 21.1. The van der Waals surface area contributed by atoms with Crippen molar-refractivity contribution in [1.29, 1.82) is 0 Å². The lowest BCUT2D eigenvalue weighted by atomic mass is 9.81. The van der Waals surface area contributed by atoms with Crippen LogP contribution in [0, 0.1) is 5.92 Å². The summed E-state index contributed by atoms with van der Waals surface area (Å²) in [6, 6.07) is 8.02.